The number of hydrogen-bond donors (Lipinski definition) is 1. The molecule has 3 nitrogen and oxygen atoms in total. The minimum atomic E-state index is -0.0211. The predicted octanol–water partition coefficient (Wildman–Crippen LogP) is 2.94. The molecule has 2 atom stereocenters. The van der Waals surface area contributed by atoms with E-state index in [0.717, 1.165) is 6.42 Å². The Kier molecular flexibility index (Phi) is 5.18. The van der Waals surface area contributed by atoms with Crippen molar-refractivity contribution in [3.63, 3.8) is 0 Å². The van der Waals surface area contributed by atoms with Gasteiger partial charge in [0.25, 0.3) is 0 Å². The van der Waals surface area contributed by atoms with Gasteiger partial charge in [-0.3, -0.25) is 4.79 Å². The van der Waals surface area contributed by atoms with E-state index in [0.29, 0.717) is 24.9 Å². The summed E-state index contributed by atoms with van der Waals surface area (Å²) < 4.78 is 0. The van der Waals surface area contributed by atoms with Crippen molar-refractivity contribution >= 4 is 5.91 Å². The second-order valence-electron chi connectivity index (χ2n) is 5.96. The first kappa shape index (κ1) is 15.0. The molecule has 1 aromatic carbocycles. The monoisotopic (exact) mass is 274 g/mol. The highest BCUT2D eigenvalue weighted by Crippen LogP contribution is 2.36. The summed E-state index contributed by atoms with van der Waals surface area (Å²) in [6.45, 7) is 4.91. The third-order valence-corrected chi connectivity index (χ3v) is 4.27. The fraction of sp³-hybridized carbons (Fsp3) is 0.588. The molecule has 0 spiro atoms. The number of amides is 1. The second kappa shape index (κ2) is 6.89. The summed E-state index contributed by atoms with van der Waals surface area (Å²) in [6.07, 6.45) is 3.81. The summed E-state index contributed by atoms with van der Waals surface area (Å²) in [4.78, 5) is 14.6. The maximum atomic E-state index is 12.5. The van der Waals surface area contributed by atoms with Crippen molar-refractivity contribution in [1.29, 1.82) is 0 Å². The van der Waals surface area contributed by atoms with Crippen LogP contribution < -0.4 is 5.73 Å². The highest BCUT2D eigenvalue weighted by molar-refractivity contribution is 5.77. The maximum absolute atomic E-state index is 12.5. The molecule has 0 aliphatic heterocycles. The van der Waals surface area contributed by atoms with Gasteiger partial charge in [-0.05, 0) is 37.7 Å². The average molecular weight is 274 g/mol. The van der Waals surface area contributed by atoms with Crippen molar-refractivity contribution < 1.29 is 4.79 Å². The summed E-state index contributed by atoms with van der Waals surface area (Å²) in [7, 11) is 0. The molecule has 1 saturated carbocycles. The molecule has 0 aromatic heterocycles. The molecule has 1 fully saturated rings. The van der Waals surface area contributed by atoms with E-state index in [1.54, 1.807) is 0 Å². The van der Waals surface area contributed by atoms with E-state index in [4.69, 9.17) is 5.73 Å². The van der Waals surface area contributed by atoms with Crippen LogP contribution in [0.5, 0.6) is 0 Å². The Bertz CT molecular complexity index is 428. The normalized spacial score (nSPS) is 17.6. The highest BCUT2D eigenvalue weighted by atomic mass is 16.2. The number of carbonyl (C=O) groups is 1. The quantitative estimate of drug-likeness (QED) is 0.831. The van der Waals surface area contributed by atoms with Gasteiger partial charge in [0.15, 0.2) is 0 Å². The summed E-state index contributed by atoms with van der Waals surface area (Å²) in [5.74, 6) is 0.878. The van der Waals surface area contributed by atoms with Crippen molar-refractivity contribution in [2.45, 2.75) is 58.2 Å². The first-order valence-corrected chi connectivity index (χ1v) is 7.70. The predicted molar refractivity (Wildman–Crippen MR) is 82.1 cm³/mol. The van der Waals surface area contributed by atoms with Gasteiger partial charge in [-0.2, -0.15) is 0 Å². The maximum Gasteiger partial charge on any atom is 0.224 e. The second-order valence-corrected chi connectivity index (χ2v) is 5.96. The smallest absolute Gasteiger partial charge is 0.224 e. The Morgan fingerprint density at radius 1 is 1.35 bits per heavy atom. The summed E-state index contributed by atoms with van der Waals surface area (Å²) >= 11 is 0. The van der Waals surface area contributed by atoms with Gasteiger partial charge in [-0.25, -0.2) is 0 Å². The van der Waals surface area contributed by atoms with E-state index in [9.17, 15) is 4.79 Å². The Labute approximate surface area is 122 Å². The van der Waals surface area contributed by atoms with Crippen LogP contribution in [0.3, 0.4) is 0 Å². The van der Waals surface area contributed by atoms with Gasteiger partial charge in [0, 0.05) is 25.0 Å². The Morgan fingerprint density at radius 3 is 2.55 bits per heavy atom. The molecule has 1 aromatic rings. The lowest BCUT2D eigenvalue weighted by molar-refractivity contribution is -0.134. The van der Waals surface area contributed by atoms with Gasteiger partial charge in [0.05, 0.1) is 0 Å². The van der Waals surface area contributed by atoms with Gasteiger partial charge in [0.1, 0.15) is 0 Å². The van der Waals surface area contributed by atoms with Crippen molar-refractivity contribution in [3.8, 4) is 0 Å². The topological polar surface area (TPSA) is 46.3 Å². The van der Waals surface area contributed by atoms with E-state index in [2.05, 4.69) is 19.1 Å². The van der Waals surface area contributed by atoms with E-state index < -0.39 is 0 Å². The summed E-state index contributed by atoms with van der Waals surface area (Å²) in [5.41, 5.74) is 7.14. The summed E-state index contributed by atoms with van der Waals surface area (Å²) in [5, 5.41) is 0. The van der Waals surface area contributed by atoms with E-state index >= 15 is 0 Å². The molecule has 0 bridgehead atoms. The molecular formula is C17H26N2O. The lowest BCUT2D eigenvalue weighted by Gasteiger charge is -2.30. The number of rotatable bonds is 7. The molecule has 2 rings (SSSR count). The fourth-order valence-electron chi connectivity index (χ4n) is 2.56. The molecule has 1 aliphatic rings. The van der Waals surface area contributed by atoms with Gasteiger partial charge >= 0.3 is 0 Å². The SMILES string of the molecule is CCC(N)CC(=O)N(Cc1ccccc1)C(C)C1CC1. The number of nitrogens with zero attached hydrogens (tertiary/aromatic N) is 1. The standard InChI is InChI=1S/C17H26N2O/c1-3-16(18)11-17(20)19(13(2)15-9-10-15)12-14-7-5-4-6-8-14/h4-8,13,15-16H,3,9-12,18H2,1-2H3. The Hall–Kier alpha value is -1.35. The van der Waals surface area contributed by atoms with Gasteiger partial charge < -0.3 is 10.6 Å². The zero-order valence-corrected chi connectivity index (χ0v) is 12.6. The lowest BCUT2D eigenvalue weighted by atomic mass is 10.1. The zero-order valence-electron chi connectivity index (χ0n) is 12.6. The summed E-state index contributed by atoms with van der Waals surface area (Å²) in [6, 6.07) is 10.5. The van der Waals surface area contributed by atoms with Gasteiger partial charge in [-0.1, -0.05) is 37.3 Å². The van der Waals surface area contributed by atoms with E-state index in [1.807, 2.05) is 30.0 Å². The van der Waals surface area contributed by atoms with Crippen molar-refractivity contribution in [2.24, 2.45) is 11.7 Å². The third-order valence-electron chi connectivity index (χ3n) is 4.27. The van der Waals surface area contributed by atoms with Crippen LogP contribution in [0.1, 0.15) is 45.1 Å². The van der Waals surface area contributed by atoms with Gasteiger partial charge in [-0.15, -0.1) is 0 Å². The van der Waals surface area contributed by atoms with Crippen molar-refractivity contribution in [3.05, 3.63) is 35.9 Å². The molecule has 1 amide bonds. The van der Waals surface area contributed by atoms with Crippen molar-refractivity contribution in [1.82, 2.24) is 4.90 Å². The van der Waals surface area contributed by atoms with Gasteiger partial charge in [0.2, 0.25) is 5.91 Å². The van der Waals surface area contributed by atoms with Crippen molar-refractivity contribution in [2.75, 3.05) is 0 Å². The Balaban J connectivity index is 2.05. The average Bonchev–Trinajstić information content (AvgIpc) is 3.29. The van der Waals surface area contributed by atoms with Crippen LogP contribution in [0.4, 0.5) is 0 Å². The lowest BCUT2D eigenvalue weighted by Crippen LogP contribution is -2.41. The highest BCUT2D eigenvalue weighted by Gasteiger charge is 2.34. The molecule has 2 N–H and O–H groups in total. The third kappa shape index (κ3) is 4.07. The van der Waals surface area contributed by atoms with Crippen LogP contribution in [0.15, 0.2) is 30.3 Å². The largest absolute Gasteiger partial charge is 0.335 e. The molecule has 1 aliphatic carbocycles. The molecule has 0 heterocycles. The molecule has 2 unspecified atom stereocenters. The number of carbonyl (C=O) groups excluding carboxylic acids is 1. The molecular weight excluding hydrogens is 248 g/mol. The first-order valence-electron chi connectivity index (χ1n) is 7.70. The van der Waals surface area contributed by atoms with Crippen LogP contribution in [0, 0.1) is 5.92 Å². The number of hydrogen-bond acceptors (Lipinski definition) is 2. The minimum absolute atomic E-state index is 0.0211. The van der Waals surface area contributed by atoms with E-state index in [1.165, 1.54) is 18.4 Å². The van der Waals surface area contributed by atoms with Crippen LogP contribution >= 0.6 is 0 Å². The van der Waals surface area contributed by atoms with Crippen LogP contribution in [-0.4, -0.2) is 22.9 Å². The first-order chi connectivity index (χ1) is 9.61. The minimum Gasteiger partial charge on any atom is -0.335 e. The van der Waals surface area contributed by atoms with Crippen LogP contribution in [0.2, 0.25) is 0 Å². The van der Waals surface area contributed by atoms with Crippen LogP contribution in [-0.2, 0) is 11.3 Å². The Morgan fingerprint density at radius 2 is 2.00 bits per heavy atom. The number of benzene rings is 1. The molecule has 110 valence electrons. The molecule has 0 radical (unpaired) electrons. The number of nitrogens with two attached hydrogens (primary N) is 1. The molecule has 0 saturated heterocycles. The fourth-order valence-corrected chi connectivity index (χ4v) is 2.56. The van der Waals surface area contributed by atoms with Crippen LogP contribution in [0.25, 0.3) is 0 Å². The molecule has 3 heteroatoms. The zero-order chi connectivity index (χ0) is 14.5. The van der Waals surface area contributed by atoms with E-state index in [-0.39, 0.29) is 11.9 Å². The molecule has 20 heavy (non-hydrogen) atoms.